The molecule has 0 heterocycles. The van der Waals surface area contributed by atoms with Crippen molar-refractivity contribution in [1.82, 2.24) is 0 Å². The molecule has 4 aliphatic rings. The number of carbonyl (C=O) groups is 1. The molecule has 4 fully saturated rings. The van der Waals surface area contributed by atoms with Crippen LogP contribution >= 0.6 is 0 Å². The maximum Gasteiger partial charge on any atom is 0.170 e. The highest BCUT2D eigenvalue weighted by molar-refractivity contribution is 6.04. The molecule has 0 amide bonds. The fourth-order valence-electron chi connectivity index (χ4n) is 7.33. The standard InChI is InChI=1S/C20H30O4/c1-10-11-5-6-12-19(4)13(18(2,3)8-7-14(19)21)9-15(22)20(12,16(10)23)17(11)24/h11-15,17,21-22,24H,1,5-9H2,2-4H3/t11-,12+,13-,14-,15+,17+,19+,20+/m0/s1. The fourth-order valence-corrected chi connectivity index (χ4v) is 7.33. The quantitative estimate of drug-likeness (QED) is 0.593. The Morgan fingerprint density at radius 1 is 1.00 bits per heavy atom. The van der Waals surface area contributed by atoms with Crippen molar-refractivity contribution in [3.05, 3.63) is 12.2 Å². The lowest BCUT2D eigenvalue weighted by Crippen LogP contribution is -2.69. The second kappa shape index (κ2) is 4.72. The van der Waals surface area contributed by atoms with Crippen LogP contribution in [0, 0.1) is 34.0 Å². The summed E-state index contributed by atoms with van der Waals surface area (Å²) in [4.78, 5) is 13.1. The minimum Gasteiger partial charge on any atom is -0.393 e. The molecule has 0 aromatic rings. The van der Waals surface area contributed by atoms with Crippen LogP contribution in [0.25, 0.3) is 0 Å². The first-order valence-corrected chi connectivity index (χ1v) is 9.37. The monoisotopic (exact) mass is 334 g/mol. The van der Waals surface area contributed by atoms with Crippen LogP contribution in [-0.2, 0) is 4.79 Å². The summed E-state index contributed by atoms with van der Waals surface area (Å²) in [5.74, 6) is -0.418. The molecule has 0 radical (unpaired) electrons. The predicted octanol–water partition coefficient (Wildman–Crippen LogP) is 2.07. The Balaban J connectivity index is 1.91. The van der Waals surface area contributed by atoms with Crippen molar-refractivity contribution in [2.75, 3.05) is 0 Å². The topological polar surface area (TPSA) is 77.8 Å². The Morgan fingerprint density at radius 2 is 1.67 bits per heavy atom. The molecule has 4 aliphatic carbocycles. The van der Waals surface area contributed by atoms with Crippen molar-refractivity contribution in [3.8, 4) is 0 Å². The summed E-state index contributed by atoms with van der Waals surface area (Å²) in [6.07, 6.45) is 1.40. The van der Waals surface area contributed by atoms with Gasteiger partial charge >= 0.3 is 0 Å². The van der Waals surface area contributed by atoms with Crippen LogP contribution < -0.4 is 0 Å². The molecule has 3 N–H and O–H groups in total. The minimum absolute atomic E-state index is 0.0109. The summed E-state index contributed by atoms with van der Waals surface area (Å²) >= 11 is 0. The molecular formula is C20H30O4. The lowest BCUT2D eigenvalue weighted by molar-refractivity contribution is -0.251. The van der Waals surface area contributed by atoms with Crippen molar-refractivity contribution in [3.63, 3.8) is 0 Å². The number of hydrogen-bond donors (Lipinski definition) is 3. The summed E-state index contributed by atoms with van der Waals surface area (Å²) in [5.41, 5.74) is -1.11. The third-order valence-electron chi connectivity index (χ3n) is 8.58. The van der Waals surface area contributed by atoms with Crippen LogP contribution in [0.5, 0.6) is 0 Å². The van der Waals surface area contributed by atoms with Gasteiger partial charge in [0, 0.05) is 11.3 Å². The van der Waals surface area contributed by atoms with Crippen molar-refractivity contribution in [1.29, 1.82) is 0 Å². The summed E-state index contributed by atoms with van der Waals surface area (Å²) in [5, 5.41) is 33.1. The molecule has 4 nitrogen and oxygen atoms in total. The maximum absolute atomic E-state index is 13.1. The van der Waals surface area contributed by atoms with Crippen molar-refractivity contribution >= 4 is 5.78 Å². The van der Waals surface area contributed by atoms with Gasteiger partial charge in [-0.1, -0.05) is 27.4 Å². The minimum atomic E-state index is -1.15. The summed E-state index contributed by atoms with van der Waals surface area (Å²) in [6, 6.07) is 0. The van der Waals surface area contributed by atoms with Crippen LogP contribution in [-0.4, -0.2) is 39.4 Å². The molecule has 24 heavy (non-hydrogen) atoms. The lowest BCUT2D eigenvalue weighted by atomic mass is 9.39. The Bertz CT molecular complexity index is 611. The zero-order chi connectivity index (χ0) is 17.7. The van der Waals surface area contributed by atoms with E-state index in [0.717, 1.165) is 25.7 Å². The zero-order valence-corrected chi connectivity index (χ0v) is 15.0. The van der Waals surface area contributed by atoms with Crippen molar-refractivity contribution in [2.45, 2.75) is 71.2 Å². The number of aliphatic hydroxyl groups is 3. The second-order valence-electron chi connectivity index (χ2n) is 9.68. The van der Waals surface area contributed by atoms with Gasteiger partial charge in [0.25, 0.3) is 0 Å². The van der Waals surface area contributed by atoms with Crippen molar-refractivity contribution < 1.29 is 20.1 Å². The molecular weight excluding hydrogens is 304 g/mol. The number of hydrogen-bond acceptors (Lipinski definition) is 4. The van der Waals surface area contributed by atoms with Gasteiger partial charge in [0.2, 0.25) is 0 Å². The Labute approximate surface area is 144 Å². The van der Waals surface area contributed by atoms with Gasteiger partial charge in [-0.2, -0.15) is 0 Å². The number of carbonyl (C=O) groups excluding carboxylic acids is 1. The molecule has 4 rings (SSSR count). The number of aliphatic hydroxyl groups excluding tert-OH is 3. The van der Waals surface area contributed by atoms with E-state index < -0.39 is 29.1 Å². The molecule has 4 heteroatoms. The molecule has 1 spiro atoms. The molecule has 0 aliphatic heterocycles. The predicted molar refractivity (Wildman–Crippen MR) is 90.0 cm³/mol. The summed E-state index contributed by atoms with van der Waals surface area (Å²) in [7, 11) is 0. The highest BCUT2D eigenvalue weighted by atomic mass is 16.3. The van der Waals surface area contributed by atoms with E-state index in [1.165, 1.54) is 0 Å². The van der Waals surface area contributed by atoms with Gasteiger partial charge in [0.05, 0.1) is 23.7 Å². The average Bonchev–Trinajstić information content (AvgIpc) is 2.63. The molecule has 8 atom stereocenters. The molecule has 0 aromatic heterocycles. The van der Waals surface area contributed by atoms with Gasteiger partial charge in [-0.05, 0) is 54.9 Å². The highest BCUT2D eigenvalue weighted by Crippen LogP contribution is 2.70. The Hall–Kier alpha value is -0.710. The first kappa shape index (κ1) is 16.7. The fraction of sp³-hybridized carbons (Fsp3) is 0.850. The lowest BCUT2D eigenvalue weighted by Gasteiger charge is -2.66. The van der Waals surface area contributed by atoms with E-state index in [2.05, 4.69) is 27.4 Å². The van der Waals surface area contributed by atoms with E-state index in [0.29, 0.717) is 12.0 Å². The number of rotatable bonds is 0. The maximum atomic E-state index is 13.1. The Kier molecular flexibility index (Phi) is 3.29. The molecule has 134 valence electrons. The van der Waals surface area contributed by atoms with Crippen LogP contribution in [0.2, 0.25) is 0 Å². The SMILES string of the molecule is C=C1C(=O)[C@]23[C@H](O)C[C@H]4C(C)(C)CC[C@H](O)[C@]4(C)[C@H]2CC[C@@H]1[C@H]3O. The van der Waals surface area contributed by atoms with Gasteiger partial charge in [0.15, 0.2) is 5.78 Å². The number of Topliss-reactive ketones (excluding diaryl/α,β-unsaturated/α-hetero) is 1. The normalized spacial score (nSPS) is 55.9. The molecule has 2 bridgehead atoms. The van der Waals surface area contributed by atoms with Gasteiger partial charge < -0.3 is 15.3 Å². The Morgan fingerprint density at radius 3 is 2.33 bits per heavy atom. The molecule has 0 aromatic carbocycles. The highest BCUT2D eigenvalue weighted by Gasteiger charge is 2.75. The van der Waals surface area contributed by atoms with Crippen LogP contribution in [0.4, 0.5) is 0 Å². The van der Waals surface area contributed by atoms with E-state index in [9.17, 15) is 20.1 Å². The second-order valence-corrected chi connectivity index (χ2v) is 9.68. The van der Waals surface area contributed by atoms with E-state index in [4.69, 9.17) is 0 Å². The van der Waals surface area contributed by atoms with E-state index in [1.807, 2.05) is 0 Å². The van der Waals surface area contributed by atoms with Gasteiger partial charge in [-0.25, -0.2) is 0 Å². The summed E-state index contributed by atoms with van der Waals surface area (Å²) in [6.45, 7) is 10.5. The number of fused-ring (bicyclic) bond motifs is 3. The third kappa shape index (κ3) is 1.59. The van der Waals surface area contributed by atoms with Crippen LogP contribution in [0.1, 0.15) is 52.9 Å². The first-order chi connectivity index (χ1) is 11.1. The van der Waals surface area contributed by atoms with E-state index >= 15 is 0 Å². The molecule has 0 unspecified atom stereocenters. The van der Waals surface area contributed by atoms with E-state index in [-0.39, 0.29) is 29.0 Å². The smallest absolute Gasteiger partial charge is 0.170 e. The van der Waals surface area contributed by atoms with Crippen molar-refractivity contribution in [2.24, 2.45) is 34.0 Å². The zero-order valence-electron chi connectivity index (χ0n) is 15.0. The van der Waals surface area contributed by atoms with Gasteiger partial charge in [0.1, 0.15) is 0 Å². The molecule has 0 saturated heterocycles. The van der Waals surface area contributed by atoms with E-state index in [1.54, 1.807) is 0 Å². The van der Waals surface area contributed by atoms with Gasteiger partial charge in [-0.15, -0.1) is 0 Å². The van der Waals surface area contributed by atoms with Gasteiger partial charge in [-0.3, -0.25) is 4.79 Å². The summed E-state index contributed by atoms with van der Waals surface area (Å²) < 4.78 is 0. The third-order valence-corrected chi connectivity index (χ3v) is 8.58. The van der Waals surface area contributed by atoms with Crippen LogP contribution in [0.15, 0.2) is 12.2 Å². The average molecular weight is 334 g/mol. The largest absolute Gasteiger partial charge is 0.393 e. The number of ketones is 1. The molecule has 4 saturated carbocycles. The first-order valence-electron chi connectivity index (χ1n) is 9.37. The van der Waals surface area contributed by atoms with Crippen LogP contribution in [0.3, 0.4) is 0 Å².